The van der Waals surface area contributed by atoms with Gasteiger partial charge in [-0.2, -0.15) is 8.62 Å². The molecule has 0 saturated carbocycles. The molecule has 2 aromatic carbocycles. The van der Waals surface area contributed by atoms with Gasteiger partial charge < -0.3 is 96.0 Å². The number of phosphoric acid groups is 3. The Hall–Kier alpha value is -8.24. The van der Waals surface area contributed by atoms with E-state index in [0.717, 1.165) is 15.3 Å². The van der Waals surface area contributed by atoms with E-state index in [9.17, 15) is 107 Å². The predicted octanol–water partition coefficient (Wildman–Crippen LogP) is 8.12. The van der Waals surface area contributed by atoms with Crippen LogP contribution in [0.15, 0.2) is 127 Å². The highest BCUT2D eigenvalue weighted by Crippen LogP contribution is 2.66. The number of rotatable bonds is 35. The number of nitro groups is 2. The average Bonchev–Trinajstić information content (AvgIpc) is 1.63. The van der Waals surface area contributed by atoms with Gasteiger partial charge in [0.1, 0.15) is 61.7 Å². The van der Waals surface area contributed by atoms with Crippen molar-refractivity contribution in [3.05, 3.63) is 243 Å². The fourth-order valence-electron chi connectivity index (χ4n) is 14.3. The standard InChI is InChI=1S/C22H41BrN2O5Si2.C22H42N2O5Si2.C17H22N3O17P3.C17H19N3O8.C10H14N2O5/c1-21(2,3)31(7,8)28-14-17-16(30-32(9,10)22(4,5)6)11-18(29-17)25-13-15(12-23)19(26)24-20(25)27;1-15-13-24(20(26)23-19(15)25)18-12-16(29-31(10,11)22(5,6)7)17(28-18)14-27-30(8,9)21(2,3)4;21-13-5-15(35-14(13)9-34-39(29,30)37-40(31,32)36-38(26,27)28)19-6-11(16(22)18-17(19)23)8-33-7-10-3-1-2-4-12(10)20(24)25;21-7-14-13(22)5-15(28-14)19-6-11(16(23)18-17(19)24)9-27-8-10-3-1-2-4-12(10)20(25)26;1-5-3-12(10(16)11-9(5)15)8-2-6(14)7(4-13)17-8/h13,16-18H,11-12,14H2,1-10H3,(H,24,26,27);13,16-18H,12,14H2,1-11H3,(H,23,25,26);1-4,6,13-15,21H,5,7-9H2,(H,29,30)(H,31,32)(H,18,22,23)(H2,26,27,28);1-4,6,13-15,21-22H,5,7-9H2,(H,18,23,24);3,6-8,13-14H,2,4H2,1H3,(H,11,15,16)/t2*16?,17-,18-;2*13?,14-,15-;6?,7-,8-/m11111/s1. The van der Waals surface area contributed by atoms with Crippen molar-refractivity contribution in [3.8, 4) is 0 Å². The van der Waals surface area contributed by atoms with Gasteiger partial charge in [0.05, 0.1) is 122 Å². The molecule has 0 aliphatic carbocycles. The van der Waals surface area contributed by atoms with Crippen molar-refractivity contribution in [2.45, 2.75) is 326 Å². The summed E-state index contributed by atoms with van der Waals surface area (Å²) in [4.78, 5) is 188. The van der Waals surface area contributed by atoms with Crippen LogP contribution in [0.2, 0.25) is 72.5 Å². The minimum absolute atomic E-state index is 0.0495. The largest absolute Gasteiger partial charge is 0.490 e. The van der Waals surface area contributed by atoms with E-state index in [2.05, 4.69) is 184 Å². The number of nitrogens with zero attached hydrogens (tertiary/aromatic N) is 7. The van der Waals surface area contributed by atoms with E-state index >= 15 is 0 Å². The van der Waals surface area contributed by atoms with Crippen LogP contribution in [0.4, 0.5) is 11.4 Å². The summed E-state index contributed by atoms with van der Waals surface area (Å²) in [5.41, 5.74) is -4.20. The lowest BCUT2D eigenvalue weighted by Crippen LogP contribution is -2.48. The monoisotopic (exact) mass is 2290 g/mol. The van der Waals surface area contributed by atoms with Gasteiger partial charge in [-0.1, -0.05) is 123 Å². The molecule has 0 amide bonds. The SMILES string of the molecule is CC(C)(C)[Si](C)(C)OC[C@H]1O[C@@H](n2cc(CBr)c(=O)[nH]c2=O)CC1O[Si](C)(C)C(C)(C)C.Cc1cn([C@H]2CC(O)[C@@H](CO)O2)c(=O)[nH]c1=O.Cc1cn([C@H]2CC(O[Si](C)(C)C(C)(C)C)[C@@H](CO[Si](C)(C)C(C)(C)C)O2)c(=O)[nH]c1=O.O=c1[nH]c(=O)n([C@H]2CC(O)[C@@H](CO)O2)cc1COCc1ccccc1[N+](=O)[O-].O=c1[nH]c(=O)n([C@H]2CC(O)[C@@H](COP(=O)(O)OP(=O)(O)OP(=O)(O)O)O2)cc1COCc1ccccc1[N+](=O)[O-]. The zero-order valence-electron chi connectivity index (χ0n) is 86.3. The number of H-pyrrole nitrogens is 5. The van der Waals surface area contributed by atoms with Crippen LogP contribution >= 0.6 is 39.4 Å². The maximum atomic E-state index is 12.6. The normalized spacial score (nSPS) is 23.3. The summed E-state index contributed by atoms with van der Waals surface area (Å²) < 4.78 is 118. The number of hydrogen-bond donors (Lipinski definition) is 14. The topological polar surface area (TPSA) is 723 Å². The second kappa shape index (κ2) is 50.8. The number of nitro benzene ring substituents is 2. The molecule has 52 nitrogen and oxygen atoms in total. The first-order chi connectivity index (χ1) is 68.1. The van der Waals surface area contributed by atoms with E-state index in [0.29, 0.717) is 53.6 Å². The maximum absolute atomic E-state index is 12.6. The smallest absolute Gasteiger partial charge is 0.414 e. The lowest BCUT2D eigenvalue weighted by molar-refractivity contribution is -0.386. The molecule has 0 spiro atoms. The Morgan fingerprint density at radius 1 is 0.399 bits per heavy atom. The molecule has 7 unspecified atom stereocenters. The number of benzene rings is 2. The third-order valence-electron chi connectivity index (χ3n) is 27.0. The fourth-order valence-corrected chi connectivity index (χ4v) is 22.5. The fraction of sp³-hybridized carbons (Fsp3) is 0.636. The number of para-hydroxylation sites is 2. The van der Waals surface area contributed by atoms with Crippen LogP contribution in [0.5, 0.6) is 0 Å². The first-order valence-corrected chi connectivity index (χ1v) is 64.2. The Morgan fingerprint density at radius 3 is 0.993 bits per heavy atom. The molecular formula is C88H138BrN12O40P3Si4. The Balaban J connectivity index is 0.000000230. The third kappa shape index (κ3) is 33.9. The highest BCUT2D eigenvalue weighted by atomic mass is 79.9. The lowest BCUT2D eigenvalue weighted by Gasteiger charge is -2.40. The quantitative estimate of drug-likeness (QED) is 0.00586. The number of aromatic nitrogens is 10. The number of aliphatic hydroxyl groups excluding tert-OH is 5. The van der Waals surface area contributed by atoms with Crippen molar-refractivity contribution in [2.24, 2.45) is 0 Å². The van der Waals surface area contributed by atoms with Crippen molar-refractivity contribution in [2.75, 3.05) is 33.0 Å². The summed E-state index contributed by atoms with van der Waals surface area (Å²) in [6.45, 7) is 45.8. The number of ether oxygens (including phenoxy) is 7. The predicted molar refractivity (Wildman–Crippen MR) is 547 cm³/mol. The summed E-state index contributed by atoms with van der Waals surface area (Å²) in [6.07, 6.45) is -2.87. The summed E-state index contributed by atoms with van der Waals surface area (Å²) in [7, 11) is -24.9. The van der Waals surface area contributed by atoms with Gasteiger partial charge in [0.15, 0.2) is 33.3 Å². The van der Waals surface area contributed by atoms with E-state index < -0.39 is 193 Å². The second-order valence-electron chi connectivity index (χ2n) is 42.1. The Bertz CT molecular complexity index is 6570. The van der Waals surface area contributed by atoms with E-state index in [-0.39, 0.29) is 136 Å². The van der Waals surface area contributed by atoms with Crippen molar-refractivity contribution in [1.82, 2.24) is 47.8 Å². The zero-order valence-corrected chi connectivity index (χ0v) is 94.6. The number of aliphatic hydroxyl groups is 5. The number of aromatic amines is 5. The van der Waals surface area contributed by atoms with E-state index in [1.165, 1.54) is 56.4 Å². The molecular weight excluding hydrogens is 2150 g/mol. The molecule has 0 bridgehead atoms. The summed E-state index contributed by atoms with van der Waals surface area (Å²) in [5, 5.41) is 70.5. The minimum atomic E-state index is -5.75. The molecule has 828 valence electrons. The first-order valence-electron chi connectivity index (χ1n) is 46.9. The van der Waals surface area contributed by atoms with Crippen LogP contribution in [0.3, 0.4) is 0 Å². The van der Waals surface area contributed by atoms with Crippen molar-refractivity contribution in [3.63, 3.8) is 0 Å². The molecule has 5 aliphatic heterocycles. The van der Waals surface area contributed by atoms with Gasteiger partial charge >= 0.3 is 51.9 Å². The number of phosphoric ester groups is 1. The molecule has 10 heterocycles. The second-order valence-corrected chi connectivity index (χ2v) is 66.2. The van der Waals surface area contributed by atoms with Gasteiger partial charge in [-0.05, 0) is 98.5 Å². The minimum Gasteiger partial charge on any atom is -0.414 e. The summed E-state index contributed by atoms with van der Waals surface area (Å²) >= 11 is 3.32. The Labute approximate surface area is 861 Å². The molecule has 5 saturated heterocycles. The van der Waals surface area contributed by atoms with Gasteiger partial charge in [0, 0.05) is 97.2 Å². The van der Waals surface area contributed by atoms with E-state index in [1.54, 1.807) is 44.4 Å². The highest BCUT2D eigenvalue weighted by molar-refractivity contribution is 9.08. The van der Waals surface area contributed by atoms with Gasteiger partial charge in [-0.25, -0.2) is 37.7 Å². The highest BCUT2D eigenvalue weighted by Gasteiger charge is 2.51. The molecule has 60 heteroatoms. The number of nitrogens with one attached hydrogen (secondary N) is 5. The average molecular weight is 2290 g/mol. The number of halogens is 1. The number of aryl methyl sites for hydroxylation is 2. The van der Waals surface area contributed by atoms with Crippen LogP contribution in [-0.2, 0) is 109 Å². The summed E-state index contributed by atoms with van der Waals surface area (Å²) in [6, 6.07) is 11.8. The maximum Gasteiger partial charge on any atom is 0.490 e. The van der Waals surface area contributed by atoms with Crippen LogP contribution in [0.25, 0.3) is 0 Å². The third-order valence-corrected chi connectivity index (χ3v) is 49.4. The first kappa shape index (κ1) is 125. The molecule has 5 aromatic heterocycles. The van der Waals surface area contributed by atoms with Crippen molar-refractivity contribution >= 4 is 84.0 Å². The van der Waals surface area contributed by atoms with Gasteiger partial charge in [-0.3, -0.25) is 96.5 Å². The zero-order chi connectivity index (χ0) is 111. The Kier molecular flexibility index (Phi) is 42.9. The Morgan fingerprint density at radius 2 is 0.682 bits per heavy atom. The molecule has 148 heavy (non-hydrogen) atoms. The van der Waals surface area contributed by atoms with Gasteiger partial charge in [0.2, 0.25) is 0 Å². The van der Waals surface area contributed by atoms with E-state index in [4.69, 9.17) is 70.9 Å². The molecule has 12 rings (SSSR count). The molecule has 5 fully saturated rings. The van der Waals surface area contributed by atoms with Crippen LogP contribution in [0, 0.1) is 34.1 Å². The number of hydrogen-bond acceptors (Lipinski definition) is 36. The number of alkyl halides is 1. The molecule has 7 aromatic rings. The van der Waals surface area contributed by atoms with Gasteiger partial charge in [-0.15, -0.1) is 0 Å². The molecule has 5 aliphatic rings. The van der Waals surface area contributed by atoms with Crippen LogP contribution in [-0.4, -0.2) is 230 Å². The van der Waals surface area contributed by atoms with Gasteiger partial charge in [0.25, 0.3) is 39.2 Å². The summed E-state index contributed by atoms with van der Waals surface area (Å²) in [5.74, 6) is 0. The lowest BCUT2D eigenvalue weighted by atomic mass is 10.2. The van der Waals surface area contributed by atoms with Crippen LogP contribution in [0.1, 0.15) is 185 Å². The molecule has 0 radical (unpaired) electrons. The van der Waals surface area contributed by atoms with Crippen LogP contribution < -0.4 is 56.2 Å². The van der Waals surface area contributed by atoms with E-state index in [1.807, 2.05) is 4.98 Å². The molecule has 14 N–H and O–H groups in total. The van der Waals surface area contributed by atoms with Crippen molar-refractivity contribution in [1.29, 1.82) is 0 Å². The molecule has 17 atom stereocenters. The van der Waals surface area contributed by atoms with Crippen molar-refractivity contribution < 1.29 is 133 Å².